The first-order valence-corrected chi connectivity index (χ1v) is 9.61. The minimum Gasteiger partial charge on any atom is -0.356 e. The highest BCUT2D eigenvalue weighted by molar-refractivity contribution is 14.1. The van der Waals surface area contributed by atoms with E-state index in [9.17, 15) is 4.79 Å². The smallest absolute Gasteiger partial charge is 0.227 e. The summed E-state index contributed by atoms with van der Waals surface area (Å²) in [6, 6.07) is 10.2. The third-order valence-corrected chi connectivity index (χ3v) is 4.78. The SMILES string of the molecule is CCC(C)C(C(=O)NCCCCCCI)c1ccccc1. The molecule has 0 aliphatic heterocycles. The molecular weight excluding hydrogens is 373 g/mol. The highest BCUT2D eigenvalue weighted by Crippen LogP contribution is 2.27. The molecule has 0 aromatic heterocycles. The van der Waals surface area contributed by atoms with Gasteiger partial charge in [-0.1, -0.05) is 86.0 Å². The molecule has 0 heterocycles. The van der Waals surface area contributed by atoms with Gasteiger partial charge in [0.1, 0.15) is 0 Å². The predicted octanol–water partition coefficient (Wildman–Crippen LogP) is 4.93. The fourth-order valence-corrected chi connectivity index (χ4v) is 3.07. The first kappa shape index (κ1) is 18.5. The molecule has 2 nitrogen and oxygen atoms in total. The maximum atomic E-state index is 12.5. The summed E-state index contributed by atoms with van der Waals surface area (Å²) in [4.78, 5) is 12.5. The van der Waals surface area contributed by atoms with Gasteiger partial charge in [-0.25, -0.2) is 0 Å². The Labute approximate surface area is 143 Å². The van der Waals surface area contributed by atoms with Crippen LogP contribution in [0, 0.1) is 5.92 Å². The zero-order valence-electron chi connectivity index (χ0n) is 13.3. The second-order valence-electron chi connectivity index (χ2n) is 5.67. The summed E-state index contributed by atoms with van der Waals surface area (Å²) in [6.45, 7) is 5.12. The number of nitrogens with one attached hydrogen (secondary N) is 1. The van der Waals surface area contributed by atoms with Gasteiger partial charge in [0.25, 0.3) is 0 Å². The molecule has 0 aliphatic carbocycles. The van der Waals surface area contributed by atoms with Crippen molar-refractivity contribution in [3.8, 4) is 0 Å². The number of carbonyl (C=O) groups is 1. The van der Waals surface area contributed by atoms with Crippen molar-refractivity contribution in [2.24, 2.45) is 5.92 Å². The minimum atomic E-state index is -0.0226. The van der Waals surface area contributed by atoms with E-state index in [1.807, 2.05) is 18.2 Å². The van der Waals surface area contributed by atoms with Gasteiger partial charge in [0, 0.05) is 6.54 Å². The first-order chi connectivity index (χ1) is 10.2. The average Bonchev–Trinajstić information content (AvgIpc) is 2.51. The molecule has 2 atom stereocenters. The standard InChI is InChI=1S/C18H28INO/c1-3-15(2)17(16-11-7-6-8-12-16)18(21)20-14-10-5-4-9-13-19/h6-8,11-12,15,17H,3-5,9-10,13-14H2,1-2H3,(H,20,21). The summed E-state index contributed by atoms with van der Waals surface area (Å²) in [5.74, 6) is 0.529. The third-order valence-electron chi connectivity index (χ3n) is 4.01. The number of halogens is 1. The molecule has 3 heteroatoms. The van der Waals surface area contributed by atoms with Crippen LogP contribution in [0.3, 0.4) is 0 Å². The average molecular weight is 401 g/mol. The van der Waals surface area contributed by atoms with Gasteiger partial charge < -0.3 is 5.32 Å². The van der Waals surface area contributed by atoms with Crippen LogP contribution in [0.4, 0.5) is 0 Å². The zero-order chi connectivity index (χ0) is 15.5. The van der Waals surface area contributed by atoms with Crippen molar-refractivity contribution < 1.29 is 4.79 Å². The Morgan fingerprint density at radius 2 is 1.81 bits per heavy atom. The van der Waals surface area contributed by atoms with E-state index in [4.69, 9.17) is 0 Å². The molecule has 1 N–H and O–H groups in total. The lowest BCUT2D eigenvalue weighted by Crippen LogP contribution is -2.33. The van der Waals surface area contributed by atoms with Gasteiger partial charge in [0.05, 0.1) is 5.92 Å². The molecule has 0 radical (unpaired) electrons. The van der Waals surface area contributed by atoms with Gasteiger partial charge >= 0.3 is 0 Å². The number of hydrogen-bond donors (Lipinski definition) is 1. The molecule has 1 aromatic rings. The van der Waals surface area contributed by atoms with Crippen molar-refractivity contribution in [1.29, 1.82) is 0 Å². The van der Waals surface area contributed by atoms with E-state index in [2.05, 4.69) is 53.9 Å². The molecule has 0 aliphatic rings. The maximum Gasteiger partial charge on any atom is 0.227 e. The van der Waals surface area contributed by atoms with Crippen molar-refractivity contribution in [2.75, 3.05) is 11.0 Å². The van der Waals surface area contributed by atoms with Crippen LogP contribution in [-0.2, 0) is 4.79 Å². The Balaban J connectivity index is 2.49. The van der Waals surface area contributed by atoms with Crippen LogP contribution >= 0.6 is 22.6 Å². The molecule has 1 aromatic carbocycles. The molecule has 2 unspecified atom stereocenters. The van der Waals surface area contributed by atoms with Crippen LogP contribution in [-0.4, -0.2) is 16.9 Å². The van der Waals surface area contributed by atoms with Crippen molar-refractivity contribution >= 4 is 28.5 Å². The van der Waals surface area contributed by atoms with Crippen LogP contribution in [0.1, 0.15) is 57.4 Å². The molecular formula is C18H28INO. The highest BCUT2D eigenvalue weighted by atomic mass is 127. The van der Waals surface area contributed by atoms with E-state index in [0.29, 0.717) is 5.92 Å². The summed E-state index contributed by atoms with van der Waals surface area (Å²) in [6.07, 6.45) is 5.87. The normalized spacial score (nSPS) is 13.7. The van der Waals surface area contributed by atoms with E-state index >= 15 is 0 Å². The van der Waals surface area contributed by atoms with Crippen LogP contribution in [0.25, 0.3) is 0 Å². The van der Waals surface area contributed by atoms with Gasteiger partial charge in [0.15, 0.2) is 0 Å². The quantitative estimate of drug-likeness (QED) is 0.336. The fourth-order valence-electron chi connectivity index (χ4n) is 2.53. The molecule has 1 amide bonds. The van der Waals surface area contributed by atoms with E-state index < -0.39 is 0 Å². The summed E-state index contributed by atoms with van der Waals surface area (Å²) in [5.41, 5.74) is 1.13. The monoisotopic (exact) mass is 401 g/mol. The van der Waals surface area contributed by atoms with Gasteiger partial charge in [0.2, 0.25) is 5.91 Å². The molecule has 0 spiro atoms. The number of alkyl halides is 1. The molecule has 0 bridgehead atoms. The lowest BCUT2D eigenvalue weighted by molar-refractivity contribution is -0.123. The van der Waals surface area contributed by atoms with Gasteiger partial charge in [-0.2, -0.15) is 0 Å². The summed E-state index contributed by atoms with van der Waals surface area (Å²) >= 11 is 2.42. The molecule has 118 valence electrons. The second kappa shape index (κ2) is 11.0. The van der Waals surface area contributed by atoms with Crippen molar-refractivity contribution in [3.05, 3.63) is 35.9 Å². The molecule has 0 saturated carbocycles. The number of carbonyl (C=O) groups excluding carboxylic acids is 1. The van der Waals surface area contributed by atoms with E-state index in [1.54, 1.807) is 0 Å². The van der Waals surface area contributed by atoms with E-state index in [1.165, 1.54) is 23.7 Å². The fraction of sp³-hybridized carbons (Fsp3) is 0.611. The van der Waals surface area contributed by atoms with E-state index in [-0.39, 0.29) is 11.8 Å². The van der Waals surface area contributed by atoms with E-state index in [0.717, 1.165) is 24.9 Å². The van der Waals surface area contributed by atoms with Gasteiger partial charge in [-0.15, -0.1) is 0 Å². The summed E-state index contributed by atoms with van der Waals surface area (Å²) in [5, 5.41) is 3.13. The highest BCUT2D eigenvalue weighted by Gasteiger charge is 2.25. The van der Waals surface area contributed by atoms with Crippen molar-refractivity contribution in [3.63, 3.8) is 0 Å². The number of benzene rings is 1. The second-order valence-corrected chi connectivity index (χ2v) is 6.75. The predicted molar refractivity (Wildman–Crippen MR) is 99.0 cm³/mol. The molecule has 21 heavy (non-hydrogen) atoms. The molecule has 1 rings (SSSR count). The number of rotatable bonds is 10. The molecule has 0 fully saturated rings. The maximum absolute atomic E-state index is 12.5. The Morgan fingerprint density at radius 1 is 1.14 bits per heavy atom. The van der Waals surface area contributed by atoms with Crippen LogP contribution < -0.4 is 5.32 Å². The first-order valence-electron chi connectivity index (χ1n) is 8.09. The van der Waals surface area contributed by atoms with Gasteiger partial charge in [-0.3, -0.25) is 4.79 Å². The summed E-state index contributed by atoms with van der Waals surface area (Å²) < 4.78 is 1.23. The van der Waals surface area contributed by atoms with Crippen molar-refractivity contribution in [1.82, 2.24) is 5.32 Å². The van der Waals surface area contributed by atoms with Crippen molar-refractivity contribution in [2.45, 2.75) is 51.9 Å². The van der Waals surface area contributed by atoms with Crippen LogP contribution in [0.15, 0.2) is 30.3 Å². The lowest BCUT2D eigenvalue weighted by Gasteiger charge is -2.22. The lowest BCUT2D eigenvalue weighted by atomic mass is 9.85. The zero-order valence-corrected chi connectivity index (χ0v) is 15.4. The largest absolute Gasteiger partial charge is 0.356 e. The minimum absolute atomic E-state index is 0.0226. The third kappa shape index (κ3) is 6.81. The Morgan fingerprint density at radius 3 is 2.43 bits per heavy atom. The summed E-state index contributed by atoms with van der Waals surface area (Å²) in [7, 11) is 0. The molecule has 0 saturated heterocycles. The number of amides is 1. The Hall–Kier alpha value is -0.580. The van der Waals surface area contributed by atoms with Crippen LogP contribution in [0.2, 0.25) is 0 Å². The Kier molecular flexibility index (Phi) is 9.72. The number of unbranched alkanes of at least 4 members (excludes halogenated alkanes) is 3. The topological polar surface area (TPSA) is 29.1 Å². The number of hydrogen-bond acceptors (Lipinski definition) is 1. The van der Waals surface area contributed by atoms with Gasteiger partial charge in [-0.05, 0) is 28.8 Å². The Bertz CT molecular complexity index is 393. The van der Waals surface area contributed by atoms with Crippen LogP contribution in [0.5, 0.6) is 0 Å².